The van der Waals surface area contributed by atoms with Crippen LogP contribution in [0.25, 0.3) is 0 Å². The number of carbonyl (C=O) groups is 1. The van der Waals surface area contributed by atoms with E-state index in [4.69, 9.17) is 0 Å². The van der Waals surface area contributed by atoms with E-state index in [-0.39, 0.29) is 11.9 Å². The Labute approximate surface area is 148 Å². The summed E-state index contributed by atoms with van der Waals surface area (Å²) in [6.07, 6.45) is 6.82. The number of hydrogen-bond acceptors (Lipinski definition) is 3. The lowest BCUT2D eigenvalue weighted by molar-refractivity contribution is 0.0938. The van der Waals surface area contributed by atoms with Gasteiger partial charge in [0.05, 0.1) is 11.6 Å². The monoisotopic (exact) mass is 342 g/mol. The second-order valence-electron chi connectivity index (χ2n) is 7.83. The molecule has 0 radical (unpaired) electrons. The van der Waals surface area contributed by atoms with E-state index in [1.165, 1.54) is 16.9 Å². The molecule has 1 N–H and O–H groups in total. The molecule has 4 heteroatoms. The van der Waals surface area contributed by atoms with Crippen LogP contribution in [0.1, 0.15) is 66.5 Å². The van der Waals surface area contributed by atoms with Crippen LogP contribution in [0.2, 0.25) is 0 Å². The first kappa shape index (κ1) is 17.2. The quantitative estimate of drug-likeness (QED) is 0.872. The summed E-state index contributed by atoms with van der Waals surface area (Å²) in [6, 6.07) is 3.88. The van der Waals surface area contributed by atoms with Crippen molar-refractivity contribution in [3.05, 3.63) is 51.5 Å². The van der Waals surface area contributed by atoms with Gasteiger partial charge in [-0.25, -0.2) is 0 Å². The second-order valence-corrected chi connectivity index (χ2v) is 8.80. The molecule has 1 amide bonds. The van der Waals surface area contributed by atoms with Gasteiger partial charge >= 0.3 is 0 Å². The van der Waals surface area contributed by atoms with Gasteiger partial charge in [0.2, 0.25) is 0 Å². The summed E-state index contributed by atoms with van der Waals surface area (Å²) in [6.45, 7) is 8.97. The van der Waals surface area contributed by atoms with Crippen molar-refractivity contribution in [2.45, 2.75) is 53.0 Å². The maximum atomic E-state index is 12.7. The van der Waals surface area contributed by atoms with Gasteiger partial charge in [0, 0.05) is 22.7 Å². The molecule has 2 heterocycles. The van der Waals surface area contributed by atoms with E-state index < -0.39 is 0 Å². The Morgan fingerprint density at radius 3 is 2.71 bits per heavy atom. The van der Waals surface area contributed by atoms with E-state index in [0.717, 1.165) is 24.0 Å². The molecule has 0 saturated heterocycles. The number of amides is 1. The van der Waals surface area contributed by atoms with Gasteiger partial charge in [-0.3, -0.25) is 9.78 Å². The summed E-state index contributed by atoms with van der Waals surface area (Å²) in [5, 5.41) is 5.18. The van der Waals surface area contributed by atoms with Crippen molar-refractivity contribution in [1.82, 2.24) is 10.3 Å². The molecule has 2 unspecified atom stereocenters. The van der Waals surface area contributed by atoms with Gasteiger partial charge in [-0.2, -0.15) is 0 Å². The Balaban J connectivity index is 1.73. The van der Waals surface area contributed by atoms with Gasteiger partial charge < -0.3 is 5.32 Å². The number of fused-ring (bicyclic) bond motifs is 1. The van der Waals surface area contributed by atoms with Crippen LogP contribution in [0, 0.1) is 11.3 Å². The van der Waals surface area contributed by atoms with Crippen LogP contribution in [0.3, 0.4) is 0 Å². The van der Waals surface area contributed by atoms with Crippen LogP contribution in [-0.4, -0.2) is 10.9 Å². The summed E-state index contributed by atoms with van der Waals surface area (Å²) in [5.74, 6) is 0.751. The third-order valence-corrected chi connectivity index (χ3v) is 6.23. The molecule has 0 aromatic carbocycles. The van der Waals surface area contributed by atoms with Crippen LogP contribution >= 0.6 is 11.3 Å². The maximum absolute atomic E-state index is 12.7. The third kappa shape index (κ3) is 3.54. The van der Waals surface area contributed by atoms with E-state index in [2.05, 4.69) is 31.1 Å². The average molecular weight is 343 g/mol. The Bertz CT molecular complexity index is 715. The van der Waals surface area contributed by atoms with Crippen LogP contribution in [0.4, 0.5) is 0 Å². The molecule has 24 heavy (non-hydrogen) atoms. The Morgan fingerprint density at radius 2 is 2.04 bits per heavy atom. The lowest BCUT2D eigenvalue weighted by Gasteiger charge is -2.34. The zero-order valence-corrected chi connectivity index (χ0v) is 15.7. The maximum Gasteiger partial charge on any atom is 0.252 e. The van der Waals surface area contributed by atoms with E-state index in [1.54, 1.807) is 23.7 Å². The SMILES string of the molecule is CC(NC(=O)c1csc2c1CCC(C(C)(C)C)C2)c1ccncc1. The topological polar surface area (TPSA) is 42.0 Å². The number of pyridine rings is 1. The Hall–Kier alpha value is -1.68. The number of thiophene rings is 1. The molecule has 1 aliphatic carbocycles. The zero-order chi connectivity index (χ0) is 17.3. The van der Waals surface area contributed by atoms with Crippen LogP contribution < -0.4 is 5.32 Å². The predicted molar refractivity (Wildman–Crippen MR) is 99.4 cm³/mol. The lowest BCUT2D eigenvalue weighted by atomic mass is 9.72. The molecule has 2 aromatic rings. The molecule has 3 rings (SSSR count). The number of carbonyl (C=O) groups excluding carboxylic acids is 1. The summed E-state index contributed by atoms with van der Waals surface area (Å²) >= 11 is 1.75. The fourth-order valence-electron chi connectivity index (χ4n) is 3.45. The molecular formula is C20H26N2OS. The van der Waals surface area contributed by atoms with E-state index >= 15 is 0 Å². The first-order valence-electron chi connectivity index (χ1n) is 8.66. The second kappa shape index (κ2) is 6.67. The van der Waals surface area contributed by atoms with Crippen molar-refractivity contribution in [2.24, 2.45) is 11.3 Å². The minimum atomic E-state index is -0.0121. The number of rotatable bonds is 3. The highest BCUT2D eigenvalue weighted by Crippen LogP contribution is 2.40. The van der Waals surface area contributed by atoms with E-state index in [1.807, 2.05) is 24.4 Å². The minimum absolute atomic E-state index is 0.0121. The van der Waals surface area contributed by atoms with Gasteiger partial charge in [0.1, 0.15) is 0 Å². The molecule has 2 aromatic heterocycles. The standard InChI is InChI=1S/C20H26N2OS/c1-13(14-7-9-21-10-8-14)22-19(23)17-12-24-18-11-15(20(2,3)4)5-6-16(17)18/h7-10,12-13,15H,5-6,11H2,1-4H3,(H,22,23). The van der Waals surface area contributed by atoms with Gasteiger partial charge in [-0.05, 0) is 60.8 Å². The number of nitrogens with zero attached hydrogens (tertiary/aromatic N) is 1. The van der Waals surface area contributed by atoms with E-state index in [9.17, 15) is 4.79 Å². The lowest BCUT2D eigenvalue weighted by Crippen LogP contribution is -2.29. The highest BCUT2D eigenvalue weighted by Gasteiger charge is 2.31. The molecule has 0 saturated carbocycles. The fraction of sp³-hybridized carbons (Fsp3) is 0.500. The zero-order valence-electron chi connectivity index (χ0n) is 14.9. The van der Waals surface area contributed by atoms with Gasteiger partial charge in [0.25, 0.3) is 5.91 Å². The summed E-state index contributed by atoms with van der Waals surface area (Å²) < 4.78 is 0. The first-order valence-corrected chi connectivity index (χ1v) is 9.54. The van der Waals surface area contributed by atoms with Gasteiger partial charge in [-0.1, -0.05) is 20.8 Å². The van der Waals surface area contributed by atoms with Crippen molar-refractivity contribution in [3.63, 3.8) is 0 Å². The average Bonchev–Trinajstić information content (AvgIpc) is 2.98. The van der Waals surface area contributed by atoms with Gasteiger partial charge in [0.15, 0.2) is 0 Å². The van der Waals surface area contributed by atoms with Crippen molar-refractivity contribution in [2.75, 3.05) is 0 Å². The number of aromatic nitrogens is 1. The number of nitrogens with one attached hydrogen (secondary N) is 1. The molecule has 0 bridgehead atoms. The van der Waals surface area contributed by atoms with Crippen LogP contribution in [-0.2, 0) is 12.8 Å². The Morgan fingerprint density at radius 1 is 1.33 bits per heavy atom. The smallest absolute Gasteiger partial charge is 0.252 e. The predicted octanol–water partition coefficient (Wildman–Crippen LogP) is 4.79. The molecule has 0 fully saturated rings. The molecular weight excluding hydrogens is 316 g/mol. The minimum Gasteiger partial charge on any atom is -0.345 e. The van der Waals surface area contributed by atoms with Crippen molar-refractivity contribution in [3.8, 4) is 0 Å². The fourth-order valence-corrected chi connectivity index (χ4v) is 4.61. The molecule has 128 valence electrons. The summed E-state index contributed by atoms with van der Waals surface area (Å²) in [4.78, 5) is 18.2. The molecule has 3 nitrogen and oxygen atoms in total. The van der Waals surface area contributed by atoms with Crippen LogP contribution in [0.5, 0.6) is 0 Å². The van der Waals surface area contributed by atoms with Gasteiger partial charge in [-0.15, -0.1) is 11.3 Å². The molecule has 2 atom stereocenters. The normalized spacial score (nSPS) is 18.8. The van der Waals surface area contributed by atoms with Crippen LogP contribution in [0.15, 0.2) is 29.9 Å². The highest BCUT2D eigenvalue weighted by atomic mass is 32.1. The molecule has 1 aliphatic rings. The van der Waals surface area contributed by atoms with Crippen molar-refractivity contribution < 1.29 is 4.79 Å². The number of hydrogen-bond donors (Lipinski definition) is 1. The van der Waals surface area contributed by atoms with Crippen molar-refractivity contribution in [1.29, 1.82) is 0 Å². The molecule has 0 spiro atoms. The van der Waals surface area contributed by atoms with Crippen molar-refractivity contribution >= 4 is 17.2 Å². The van der Waals surface area contributed by atoms with E-state index in [0.29, 0.717) is 11.3 Å². The summed E-state index contributed by atoms with van der Waals surface area (Å²) in [7, 11) is 0. The Kier molecular flexibility index (Phi) is 4.77. The third-order valence-electron chi connectivity index (χ3n) is 5.18. The molecule has 0 aliphatic heterocycles. The highest BCUT2D eigenvalue weighted by molar-refractivity contribution is 7.10. The largest absolute Gasteiger partial charge is 0.345 e. The first-order chi connectivity index (χ1) is 11.4. The summed E-state index contributed by atoms with van der Waals surface area (Å²) in [5.41, 5.74) is 3.57.